The highest BCUT2D eigenvalue weighted by Crippen LogP contribution is 2.26. The predicted octanol–water partition coefficient (Wildman–Crippen LogP) is 2.09. The number of rotatable bonds is 5. The number of carbonyl (C=O) groups is 2. The number of nitrogens with one attached hydrogen (secondary N) is 1. The standard InChI is InChI=1S/C14H18N2O3/c17-13(15-9-8-10-4-1-2-5-10)11-6-3-7-12(16-11)14(18)19/h3,6-7,10H,1-2,4-5,8-9H2,(H,15,17)(H,18,19). The van der Waals surface area contributed by atoms with Gasteiger partial charge in [-0.25, -0.2) is 9.78 Å². The highest BCUT2D eigenvalue weighted by Gasteiger charge is 2.15. The Kier molecular flexibility index (Phi) is 4.49. The molecule has 102 valence electrons. The number of carbonyl (C=O) groups excluding carboxylic acids is 1. The minimum Gasteiger partial charge on any atom is -0.477 e. The monoisotopic (exact) mass is 262 g/mol. The molecule has 0 unspecified atom stereocenters. The Bertz CT molecular complexity index is 468. The minimum atomic E-state index is -1.12. The van der Waals surface area contributed by atoms with E-state index in [0.717, 1.165) is 12.3 Å². The molecule has 1 heterocycles. The first-order valence-corrected chi connectivity index (χ1v) is 6.65. The van der Waals surface area contributed by atoms with Crippen molar-refractivity contribution in [1.82, 2.24) is 10.3 Å². The molecule has 19 heavy (non-hydrogen) atoms. The van der Waals surface area contributed by atoms with Gasteiger partial charge in [-0.05, 0) is 24.5 Å². The van der Waals surface area contributed by atoms with Crippen molar-refractivity contribution in [2.75, 3.05) is 6.54 Å². The van der Waals surface area contributed by atoms with E-state index in [1.165, 1.54) is 43.9 Å². The van der Waals surface area contributed by atoms with E-state index < -0.39 is 5.97 Å². The molecule has 5 heteroatoms. The van der Waals surface area contributed by atoms with Crippen molar-refractivity contribution >= 4 is 11.9 Å². The summed E-state index contributed by atoms with van der Waals surface area (Å²) in [7, 11) is 0. The van der Waals surface area contributed by atoms with Crippen molar-refractivity contribution in [2.45, 2.75) is 32.1 Å². The third kappa shape index (κ3) is 3.77. The second kappa shape index (κ2) is 6.31. The van der Waals surface area contributed by atoms with Crippen molar-refractivity contribution in [1.29, 1.82) is 0 Å². The molecule has 2 rings (SSSR count). The molecule has 1 aliphatic rings. The van der Waals surface area contributed by atoms with Gasteiger partial charge in [-0.15, -0.1) is 0 Å². The van der Waals surface area contributed by atoms with Crippen molar-refractivity contribution in [2.24, 2.45) is 5.92 Å². The Morgan fingerprint density at radius 1 is 1.26 bits per heavy atom. The number of pyridine rings is 1. The van der Waals surface area contributed by atoms with Crippen LogP contribution in [0.4, 0.5) is 0 Å². The molecule has 1 amide bonds. The largest absolute Gasteiger partial charge is 0.477 e. The molecule has 0 saturated heterocycles. The molecular weight excluding hydrogens is 244 g/mol. The number of hydrogen-bond acceptors (Lipinski definition) is 3. The van der Waals surface area contributed by atoms with Gasteiger partial charge in [-0.3, -0.25) is 4.79 Å². The van der Waals surface area contributed by atoms with Crippen LogP contribution in [0.15, 0.2) is 18.2 Å². The second-order valence-electron chi connectivity index (χ2n) is 4.91. The van der Waals surface area contributed by atoms with Crippen molar-refractivity contribution in [3.8, 4) is 0 Å². The summed E-state index contributed by atoms with van der Waals surface area (Å²) in [5, 5.41) is 11.6. The third-order valence-electron chi connectivity index (χ3n) is 3.51. The Hall–Kier alpha value is -1.91. The van der Waals surface area contributed by atoms with E-state index in [0.29, 0.717) is 6.54 Å². The van der Waals surface area contributed by atoms with E-state index in [2.05, 4.69) is 10.3 Å². The predicted molar refractivity (Wildman–Crippen MR) is 70.1 cm³/mol. The number of nitrogens with zero attached hydrogens (tertiary/aromatic N) is 1. The first-order valence-electron chi connectivity index (χ1n) is 6.65. The summed E-state index contributed by atoms with van der Waals surface area (Å²) in [6.07, 6.45) is 6.08. The van der Waals surface area contributed by atoms with E-state index in [1.54, 1.807) is 0 Å². The topological polar surface area (TPSA) is 79.3 Å². The van der Waals surface area contributed by atoms with Gasteiger partial charge in [0.25, 0.3) is 5.91 Å². The number of carboxylic acid groups (broad SMARTS) is 1. The highest BCUT2D eigenvalue weighted by atomic mass is 16.4. The van der Waals surface area contributed by atoms with Crippen molar-refractivity contribution in [3.05, 3.63) is 29.6 Å². The lowest BCUT2D eigenvalue weighted by atomic mass is 10.0. The molecule has 0 aliphatic heterocycles. The maximum atomic E-state index is 11.8. The summed E-state index contributed by atoms with van der Waals surface area (Å²) >= 11 is 0. The first kappa shape index (κ1) is 13.5. The van der Waals surface area contributed by atoms with Gasteiger partial charge in [0.1, 0.15) is 11.4 Å². The maximum absolute atomic E-state index is 11.8. The van der Waals surface area contributed by atoms with Crippen LogP contribution < -0.4 is 5.32 Å². The van der Waals surface area contributed by atoms with Gasteiger partial charge in [-0.1, -0.05) is 31.7 Å². The molecule has 1 saturated carbocycles. The van der Waals surface area contributed by atoms with Gasteiger partial charge in [0, 0.05) is 6.54 Å². The van der Waals surface area contributed by atoms with Crippen LogP contribution in [0, 0.1) is 5.92 Å². The van der Waals surface area contributed by atoms with Crippen LogP contribution in [0.2, 0.25) is 0 Å². The summed E-state index contributed by atoms with van der Waals surface area (Å²) in [4.78, 5) is 26.4. The number of aromatic nitrogens is 1. The third-order valence-corrected chi connectivity index (χ3v) is 3.51. The van der Waals surface area contributed by atoms with Crippen LogP contribution in [0.1, 0.15) is 53.1 Å². The lowest BCUT2D eigenvalue weighted by molar-refractivity contribution is 0.0690. The minimum absolute atomic E-state index is 0.108. The summed E-state index contributed by atoms with van der Waals surface area (Å²) in [5.74, 6) is -0.708. The number of hydrogen-bond donors (Lipinski definition) is 2. The van der Waals surface area contributed by atoms with E-state index in [-0.39, 0.29) is 17.3 Å². The average molecular weight is 262 g/mol. The average Bonchev–Trinajstić information content (AvgIpc) is 2.92. The normalized spacial score (nSPS) is 15.4. The number of amides is 1. The molecular formula is C14H18N2O3. The second-order valence-corrected chi connectivity index (χ2v) is 4.91. The van der Waals surface area contributed by atoms with Gasteiger partial charge in [0.2, 0.25) is 0 Å². The Balaban J connectivity index is 1.85. The Morgan fingerprint density at radius 3 is 2.63 bits per heavy atom. The van der Waals surface area contributed by atoms with Crippen LogP contribution in [0.3, 0.4) is 0 Å². The van der Waals surface area contributed by atoms with Crippen LogP contribution in [-0.2, 0) is 0 Å². The fraction of sp³-hybridized carbons (Fsp3) is 0.500. The molecule has 0 bridgehead atoms. The zero-order chi connectivity index (χ0) is 13.7. The zero-order valence-electron chi connectivity index (χ0n) is 10.8. The van der Waals surface area contributed by atoms with E-state index in [9.17, 15) is 9.59 Å². The van der Waals surface area contributed by atoms with Crippen LogP contribution in [0.25, 0.3) is 0 Å². The van der Waals surface area contributed by atoms with E-state index in [1.807, 2.05) is 0 Å². The van der Waals surface area contributed by atoms with E-state index >= 15 is 0 Å². The quantitative estimate of drug-likeness (QED) is 0.851. The fourth-order valence-corrected chi connectivity index (χ4v) is 2.46. The molecule has 1 aliphatic carbocycles. The zero-order valence-corrected chi connectivity index (χ0v) is 10.8. The highest BCUT2D eigenvalue weighted by molar-refractivity contribution is 5.94. The summed E-state index contributed by atoms with van der Waals surface area (Å²) in [6, 6.07) is 4.43. The van der Waals surface area contributed by atoms with Gasteiger partial charge in [0.15, 0.2) is 0 Å². The van der Waals surface area contributed by atoms with Gasteiger partial charge in [0.05, 0.1) is 0 Å². The van der Waals surface area contributed by atoms with E-state index in [4.69, 9.17) is 5.11 Å². The Labute approximate surface area is 112 Å². The van der Waals surface area contributed by atoms with Crippen LogP contribution in [0.5, 0.6) is 0 Å². The Morgan fingerprint density at radius 2 is 1.95 bits per heavy atom. The van der Waals surface area contributed by atoms with Crippen LogP contribution in [-0.4, -0.2) is 28.5 Å². The van der Waals surface area contributed by atoms with Gasteiger partial charge in [-0.2, -0.15) is 0 Å². The molecule has 0 radical (unpaired) electrons. The number of carboxylic acids is 1. The molecule has 0 atom stereocenters. The van der Waals surface area contributed by atoms with Gasteiger partial charge >= 0.3 is 5.97 Å². The lowest BCUT2D eigenvalue weighted by Crippen LogP contribution is -2.27. The molecule has 1 fully saturated rings. The van der Waals surface area contributed by atoms with Crippen LogP contribution >= 0.6 is 0 Å². The number of aromatic carboxylic acids is 1. The molecule has 1 aromatic heterocycles. The SMILES string of the molecule is O=C(O)c1cccc(C(=O)NCCC2CCCC2)n1. The fourth-order valence-electron chi connectivity index (χ4n) is 2.46. The van der Waals surface area contributed by atoms with Gasteiger partial charge < -0.3 is 10.4 Å². The summed E-state index contributed by atoms with van der Waals surface area (Å²) in [5.41, 5.74) is 0.0507. The van der Waals surface area contributed by atoms with Crippen molar-refractivity contribution < 1.29 is 14.7 Å². The molecule has 0 spiro atoms. The first-order chi connectivity index (χ1) is 9.16. The maximum Gasteiger partial charge on any atom is 0.354 e. The molecule has 2 N–H and O–H groups in total. The smallest absolute Gasteiger partial charge is 0.354 e. The van der Waals surface area contributed by atoms with Crippen molar-refractivity contribution in [3.63, 3.8) is 0 Å². The molecule has 5 nitrogen and oxygen atoms in total. The summed E-state index contributed by atoms with van der Waals surface area (Å²) in [6.45, 7) is 0.627. The lowest BCUT2D eigenvalue weighted by Gasteiger charge is -2.09. The molecule has 1 aromatic rings. The molecule has 0 aromatic carbocycles. The summed E-state index contributed by atoms with van der Waals surface area (Å²) < 4.78 is 0.